The van der Waals surface area contributed by atoms with Gasteiger partial charge in [-0.1, -0.05) is 18.2 Å². The van der Waals surface area contributed by atoms with E-state index in [1.807, 2.05) is 43.3 Å². The van der Waals surface area contributed by atoms with Gasteiger partial charge in [0.2, 0.25) is 0 Å². The number of aromatic nitrogens is 1. The topological polar surface area (TPSA) is 51.2 Å². The molecule has 20 heavy (non-hydrogen) atoms. The van der Waals surface area contributed by atoms with E-state index in [1.54, 1.807) is 12.4 Å². The molecule has 4 heteroatoms. The molecule has 0 saturated carbocycles. The summed E-state index contributed by atoms with van der Waals surface area (Å²) in [7, 11) is 0. The molecule has 1 aromatic carbocycles. The van der Waals surface area contributed by atoms with E-state index < -0.39 is 0 Å². The fourth-order valence-electron chi connectivity index (χ4n) is 1.67. The van der Waals surface area contributed by atoms with Gasteiger partial charge in [0.25, 0.3) is 5.91 Å². The van der Waals surface area contributed by atoms with Gasteiger partial charge in [0.1, 0.15) is 0 Å². The Bertz CT molecular complexity index is 577. The van der Waals surface area contributed by atoms with Crippen LogP contribution in [0.25, 0.3) is 11.1 Å². The second-order valence-electron chi connectivity index (χ2n) is 4.07. The maximum Gasteiger partial charge on any atom is 0.251 e. The first-order valence-corrected chi connectivity index (χ1v) is 6.39. The fraction of sp³-hybridized carbons (Fsp3) is 0.125. The van der Waals surface area contributed by atoms with Crippen LogP contribution in [0.1, 0.15) is 6.92 Å². The third-order valence-corrected chi connectivity index (χ3v) is 2.63. The normalized spacial score (nSPS) is 10.4. The van der Waals surface area contributed by atoms with E-state index in [2.05, 4.69) is 10.3 Å². The number of nitrogens with zero attached hydrogens (tertiary/aromatic N) is 1. The third-order valence-electron chi connectivity index (χ3n) is 2.63. The van der Waals surface area contributed by atoms with E-state index in [9.17, 15) is 4.79 Å². The van der Waals surface area contributed by atoms with Gasteiger partial charge < -0.3 is 10.1 Å². The third kappa shape index (κ3) is 3.95. The van der Waals surface area contributed by atoms with Gasteiger partial charge in [-0.2, -0.15) is 0 Å². The molecule has 0 aliphatic carbocycles. The molecule has 0 aliphatic rings. The van der Waals surface area contributed by atoms with Gasteiger partial charge in [-0.25, -0.2) is 0 Å². The Labute approximate surface area is 118 Å². The molecular formula is C16H16N2O2. The molecule has 0 aliphatic heterocycles. The van der Waals surface area contributed by atoms with Crippen LogP contribution in [0.5, 0.6) is 0 Å². The van der Waals surface area contributed by atoms with Crippen molar-refractivity contribution in [1.29, 1.82) is 0 Å². The van der Waals surface area contributed by atoms with Crippen molar-refractivity contribution in [2.24, 2.45) is 0 Å². The number of rotatable bonds is 5. The second-order valence-corrected chi connectivity index (χ2v) is 4.07. The van der Waals surface area contributed by atoms with Crippen LogP contribution in [-0.4, -0.2) is 17.5 Å². The Morgan fingerprint density at radius 1 is 1.25 bits per heavy atom. The second kappa shape index (κ2) is 7.09. The van der Waals surface area contributed by atoms with Crippen LogP contribution < -0.4 is 5.32 Å². The number of carbonyl (C=O) groups is 1. The van der Waals surface area contributed by atoms with E-state index in [0.717, 1.165) is 16.8 Å². The maximum absolute atomic E-state index is 11.6. The lowest BCUT2D eigenvalue weighted by atomic mass is 10.1. The summed E-state index contributed by atoms with van der Waals surface area (Å²) in [6.45, 7) is 2.41. The predicted molar refractivity (Wildman–Crippen MR) is 79.1 cm³/mol. The zero-order valence-corrected chi connectivity index (χ0v) is 11.2. The summed E-state index contributed by atoms with van der Waals surface area (Å²) in [5, 5.41) is 2.76. The molecule has 0 saturated heterocycles. The van der Waals surface area contributed by atoms with Gasteiger partial charge in [0.15, 0.2) is 0 Å². The largest absolute Gasteiger partial charge is 0.501 e. The number of nitrogens with one attached hydrogen (secondary N) is 1. The molecule has 0 atom stereocenters. The van der Waals surface area contributed by atoms with Gasteiger partial charge in [-0.05, 0) is 36.2 Å². The molecule has 2 rings (SSSR count). The van der Waals surface area contributed by atoms with E-state index >= 15 is 0 Å². The average Bonchev–Trinajstić information content (AvgIpc) is 2.49. The molecular weight excluding hydrogens is 252 g/mol. The zero-order valence-electron chi connectivity index (χ0n) is 11.2. The first kappa shape index (κ1) is 13.8. The maximum atomic E-state index is 11.6. The lowest BCUT2D eigenvalue weighted by Crippen LogP contribution is -2.07. The molecule has 0 fully saturated rings. The number of hydrogen-bond donors (Lipinski definition) is 1. The quantitative estimate of drug-likeness (QED) is 0.669. The lowest BCUT2D eigenvalue weighted by Gasteiger charge is -2.04. The predicted octanol–water partition coefficient (Wildman–Crippen LogP) is 3.24. The number of pyridine rings is 1. The lowest BCUT2D eigenvalue weighted by molar-refractivity contribution is -0.112. The summed E-state index contributed by atoms with van der Waals surface area (Å²) in [5.74, 6) is -0.215. The minimum atomic E-state index is -0.215. The molecule has 4 nitrogen and oxygen atoms in total. The van der Waals surface area contributed by atoms with Crippen LogP contribution in [-0.2, 0) is 9.53 Å². The van der Waals surface area contributed by atoms with E-state index in [0.29, 0.717) is 6.61 Å². The van der Waals surface area contributed by atoms with Crippen molar-refractivity contribution >= 4 is 11.6 Å². The number of carbonyl (C=O) groups excluding carboxylic acids is 1. The first-order valence-electron chi connectivity index (χ1n) is 6.39. The summed E-state index contributed by atoms with van der Waals surface area (Å²) in [5.41, 5.74) is 2.84. The van der Waals surface area contributed by atoms with Crippen molar-refractivity contribution in [1.82, 2.24) is 4.98 Å². The van der Waals surface area contributed by atoms with Gasteiger partial charge in [0.05, 0.1) is 12.9 Å². The average molecular weight is 268 g/mol. The highest BCUT2D eigenvalue weighted by atomic mass is 16.5. The fourth-order valence-corrected chi connectivity index (χ4v) is 1.67. The molecule has 1 N–H and O–H groups in total. The summed E-state index contributed by atoms with van der Waals surface area (Å²) in [4.78, 5) is 15.6. The SMILES string of the molecule is CCOC=CC(=O)Nc1ccc(-c2cccnc2)cc1. The van der Waals surface area contributed by atoms with Crippen LogP contribution in [0.3, 0.4) is 0 Å². The van der Waals surface area contributed by atoms with Crippen LogP contribution >= 0.6 is 0 Å². The van der Waals surface area contributed by atoms with Crippen LogP contribution in [0, 0.1) is 0 Å². The molecule has 1 aromatic heterocycles. The molecule has 102 valence electrons. The van der Waals surface area contributed by atoms with Gasteiger partial charge in [-0.3, -0.25) is 9.78 Å². The summed E-state index contributed by atoms with van der Waals surface area (Å²) in [6.07, 6.45) is 6.29. The molecule has 0 radical (unpaired) electrons. The molecule has 0 spiro atoms. The van der Waals surface area contributed by atoms with Gasteiger partial charge in [0, 0.05) is 24.2 Å². The van der Waals surface area contributed by atoms with Gasteiger partial charge >= 0.3 is 0 Å². The zero-order chi connectivity index (χ0) is 14.2. The Balaban J connectivity index is 2.00. The Kier molecular flexibility index (Phi) is 4.89. The summed E-state index contributed by atoms with van der Waals surface area (Å²) in [6, 6.07) is 11.5. The Morgan fingerprint density at radius 3 is 2.70 bits per heavy atom. The molecule has 0 unspecified atom stereocenters. The van der Waals surface area contributed by atoms with Crippen LogP contribution in [0.15, 0.2) is 61.1 Å². The first-order chi connectivity index (χ1) is 9.79. The van der Waals surface area contributed by atoms with E-state index in [4.69, 9.17) is 4.74 Å². The molecule has 1 amide bonds. The number of benzene rings is 1. The van der Waals surface area contributed by atoms with Gasteiger partial charge in [-0.15, -0.1) is 0 Å². The smallest absolute Gasteiger partial charge is 0.251 e. The molecule has 2 aromatic rings. The van der Waals surface area contributed by atoms with Crippen LogP contribution in [0.4, 0.5) is 5.69 Å². The summed E-state index contributed by atoms with van der Waals surface area (Å²) >= 11 is 0. The Hall–Kier alpha value is -2.62. The van der Waals surface area contributed by atoms with Crippen molar-refractivity contribution in [2.75, 3.05) is 11.9 Å². The highest BCUT2D eigenvalue weighted by Crippen LogP contribution is 2.20. The number of anilines is 1. The number of amides is 1. The molecule has 0 bridgehead atoms. The summed E-state index contributed by atoms with van der Waals surface area (Å²) < 4.78 is 4.97. The number of ether oxygens (including phenoxy) is 1. The van der Waals surface area contributed by atoms with Crippen LogP contribution in [0.2, 0.25) is 0 Å². The van der Waals surface area contributed by atoms with Crippen molar-refractivity contribution in [2.45, 2.75) is 6.92 Å². The van der Waals surface area contributed by atoms with E-state index in [1.165, 1.54) is 12.3 Å². The highest BCUT2D eigenvalue weighted by Gasteiger charge is 2.00. The van der Waals surface area contributed by atoms with Crippen molar-refractivity contribution < 1.29 is 9.53 Å². The monoisotopic (exact) mass is 268 g/mol. The minimum Gasteiger partial charge on any atom is -0.501 e. The van der Waals surface area contributed by atoms with Crippen molar-refractivity contribution in [3.63, 3.8) is 0 Å². The van der Waals surface area contributed by atoms with Crippen molar-refractivity contribution in [3.8, 4) is 11.1 Å². The number of hydrogen-bond acceptors (Lipinski definition) is 3. The standard InChI is InChI=1S/C16H16N2O2/c1-2-20-11-9-16(19)18-15-7-5-13(6-8-15)14-4-3-10-17-12-14/h3-12H,2H2,1H3,(H,18,19). The van der Waals surface area contributed by atoms with E-state index in [-0.39, 0.29) is 5.91 Å². The minimum absolute atomic E-state index is 0.215. The Morgan fingerprint density at radius 2 is 2.05 bits per heavy atom. The van der Waals surface area contributed by atoms with Crippen molar-refractivity contribution in [3.05, 3.63) is 61.1 Å². The molecule has 1 heterocycles. The highest BCUT2D eigenvalue weighted by molar-refractivity contribution is 5.99.